The van der Waals surface area contributed by atoms with Crippen LogP contribution in [0.5, 0.6) is 0 Å². The van der Waals surface area contributed by atoms with Gasteiger partial charge in [-0.1, -0.05) is 6.92 Å². The summed E-state index contributed by atoms with van der Waals surface area (Å²) in [7, 11) is 0. The standard InChI is InChI=1S/C7H17N.Na.H/c1-5-6-8-7(2,3)4;;/h8H,5-6H2,1-4H3;;/q;+1;-1. The van der Waals surface area contributed by atoms with Gasteiger partial charge in [-0.05, 0) is 33.7 Å². The summed E-state index contributed by atoms with van der Waals surface area (Å²) in [4.78, 5) is 0. The number of hydrogen-bond acceptors (Lipinski definition) is 1. The fourth-order valence-corrected chi connectivity index (χ4v) is 0.500. The van der Waals surface area contributed by atoms with Crippen LogP contribution in [0.25, 0.3) is 0 Å². The van der Waals surface area contributed by atoms with E-state index in [9.17, 15) is 0 Å². The molecule has 0 saturated heterocycles. The molecular formula is C7H18NNa. The summed E-state index contributed by atoms with van der Waals surface area (Å²) < 4.78 is 0. The summed E-state index contributed by atoms with van der Waals surface area (Å²) >= 11 is 0. The van der Waals surface area contributed by atoms with Gasteiger partial charge in [0.15, 0.2) is 0 Å². The van der Waals surface area contributed by atoms with E-state index in [2.05, 4.69) is 33.0 Å². The van der Waals surface area contributed by atoms with E-state index in [4.69, 9.17) is 0 Å². The maximum Gasteiger partial charge on any atom is 1.00 e. The molecule has 0 unspecified atom stereocenters. The minimum absolute atomic E-state index is 0. The van der Waals surface area contributed by atoms with E-state index in [0.29, 0.717) is 5.54 Å². The van der Waals surface area contributed by atoms with Crippen molar-refractivity contribution in [2.45, 2.75) is 39.7 Å². The van der Waals surface area contributed by atoms with Gasteiger partial charge >= 0.3 is 29.6 Å². The Morgan fingerprint density at radius 3 is 1.89 bits per heavy atom. The molecule has 0 spiro atoms. The van der Waals surface area contributed by atoms with Gasteiger partial charge in [-0.15, -0.1) is 0 Å². The van der Waals surface area contributed by atoms with Crippen LogP contribution in [0.4, 0.5) is 0 Å². The summed E-state index contributed by atoms with van der Waals surface area (Å²) in [6.45, 7) is 9.86. The first kappa shape index (κ1) is 12.6. The number of hydrogen-bond donors (Lipinski definition) is 1. The van der Waals surface area contributed by atoms with Crippen molar-refractivity contribution in [1.29, 1.82) is 0 Å². The van der Waals surface area contributed by atoms with E-state index >= 15 is 0 Å². The van der Waals surface area contributed by atoms with Crippen molar-refractivity contribution in [3.8, 4) is 0 Å². The smallest absolute Gasteiger partial charge is 1.00 e. The Hall–Kier alpha value is 0.960. The third-order valence-electron chi connectivity index (χ3n) is 0.905. The molecule has 0 radical (unpaired) electrons. The van der Waals surface area contributed by atoms with Crippen LogP contribution in [0, 0.1) is 0 Å². The molecular weight excluding hydrogens is 121 g/mol. The van der Waals surface area contributed by atoms with Crippen LogP contribution in [-0.2, 0) is 0 Å². The van der Waals surface area contributed by atoms with E-state index < -0.39 is 0 Å². The average molecular weight is 139 g/mol. The van der Waals surface area contributed by atoms with Crippen molar-refractivity contribution in [2.75, 3.05) is 6.54 Å². The maximum atomic E-state index is 3.37. The quantitative estimate of drug-likeness (QED) is 0.479. The van der Waals surface area contributed by atoms with E-state index in [1.165, 1.54) is 6.42 Å². The Morgan fingerprint density at radius 2 is 1.78 bits per heavy atom. The predicted molar refractivity (Wildman–Crippen MR) is 39.2 cm³/mol. The van der Waals surface area contributed by atoms with E-state index in [1.54, 1.807) is 0 Å². The van der Waals surface area contributed by atoms with Crippen molar-refractivity contribution < 1.29 is 31.0 Å². The molecule has 0 fully saturated rings. The van der Waals surface area contributed by atoms with Gasteiger partial charge in [-0.3, -0.25) is 0 Å². The van der Waals surface area contributed by atoms with Crippen LogP contribution in [0.15, 0.2) is 0 Å². The van der Waals surface area contributed by atoms with Crippen molar-refractivity contribution in [2.24, 2.45) is 0 Å². The van der Waals surface area contributed by atoms with Gasteiger partial charge in [0.1, 0.15) is 0 Å². The molecule has 0 saturated carbocycles. The molecule has 0 aromatic rings. The Balaban J connectivity index is -0.000000245. The van der Waals surface area contributed by atoms with Gasteiger partial charge in [0.2, 0.25) is 0 Å². The second-order valence-corrected chi connectivity index (χ2v) is 3.18. The number of nitrogens with one attached hydrogen (secondary N) is 1. The third-order valence-corrected chi connectivity index (χ3v) is 0.905. The SMILES string of the molecule is CCCNC(C)(C)C.[H-].[Na+]. The van der Waals surface area contributed by atoms with Crippen molar-refractivity contribution >= 4 is 0 Å². The Morgan fingerprint density at radius 1 is 1.33 bits per heavy atom. The maximum absolute atomic E-state index is 3.37. The molecule has 0 heterocycles. The van der Waals surface area contributed by atoms with Crippen LogP contribution in [0.2, 0.25) is 0 Å². The first-order valence-electron chi connectivity index (χ1n) is 3.31. The molecule has 1 nitrogen and oxygen atoms in total. The van der Waals surface area contributed by atoms with E-state index in [-0.39, 0.29) is 31.0 Å². The monoisotopic (exact) mass is 139 g/mol. The molecule has 0 aliphatic rings. The van der Waals surface area contributed by atoms with Gasteiger partial charge in [-0.2, -0.15) is 0 Å². The Labute approximate surface area is 82.4 Å². The van der Waals surface area contributed by atoms with Gasteiger partial charge < -0.3 is 6.74 Å². The van der Waals surface area contributed by atoms with E-state index in [0.717, 1.165) is 6.54 Å². The molecule has 0 aromatic heterocycles. The van der Waals surface area contributed by atoms with Gasteiger partial charge in [0, 0.05) is 5.54 Å². The minimum atomic E-state index is 0. The molecule has 2 heteroatoms. The molecule has 0 aromatic carbocycles. The largest absolute Gasteiger partial charge is 1.00 e. The van der Waals surface area contributed by atoms with Gasteiger partial charge in [0.25, 0.3) is 0 Å². The van der Waals surface area contributed by atoms with Crippen LogP contribution in [0.1, 0.15) is 35.5 Å². The molecule has 0 amide bonds. The summed E-state index contributed by atoms with van der Waals surface area (Å²) in [6, 6.07) is 0. The topological polar surface area (TPSA) is 12.0 Å². The summed E-state index contributed by atoms with van der Waals surface area (Å²) in [6.07, 6.45) is 1.22. The molecule has 0 bridgehead atoms. The van der Waals surface area contributed by atoms with Crippen LogP contribution in [0.3, 0.4) is 0 Å². The molecule has 0 aliphatic heterocycles. The zero-order valence-electron chi connectivity index (χ0n) is 8.41. The zero-order valence-corrected chi connectivity index (χ0v) is 9.41. The second-order valence-electron chi connectivity index (χ2n) is 3.18. The fourth-order valence-electron chi connectivity index (χ4n) is 0.500. The first-order valence-corrected chi connectivity index (χ1v) is 3.31. The third kappa shape index (κ3) is 12.2. The molecule has 0 atom stereocenters. The summed E-state index contributed by atoms with van der Waals surface area (Å²) in [5.41, 5.74) is 0.302. The van der Waals surface area contributed by atoms with Crippen molar-refractivity contribution in [3.63, 3.8) is 0 Å². The minimum Gasteiger partial charge on any atom is -1.00 e. The van der Waals surface area contributed by atoms with Crippen LogP contribution in [-0.4, -0.2) is 12.1 Å². The predicted octanol–water partition coefficient (Wildman–Crippen LogP) is -1.10. The molecule has 0 aliphatic carbocycles. The number of rotatable bonds is 2. The molecule has 52 valence electrons. The van der Waals surface area contributed by atoms with Crippen LogP contribution < -0.4 is 34.9 Å². The Bertz CT molecular complexity index is 61.1. The summed E-state index contributed by atoms with van der Waals surface area (Å²) in [5, 5.41) is 3.37. The first-order chi connectivity index (χ1) is 3.56. The Kier molecular flexibility index (Phi) is 8.02. The molecule has 9 heavy (non-hydrogen) atoms. The average Bonchev–Trinajstić information content (AvgIpc) is 1.59. The van der Waals surface area contributed by atoms with Crippen molar-refractivity contribution in [3.05, 3.63) is 0 Å². The normalized spacial score (nSPS) is 10.7. The van der Waals surface area contributed by atoms with Gasteiger partial charge in [-0.25, -0.2) is 0 Å². The van der Waals surface area contributed by atoms with Crippen molar-refractivity contribution in [1.82, 2.24) is 5.32 Å². The second kappa shape index (κ2) is 5.72. The summed E-state index contributed by atoms with van der Waals surface area (Å²) in [5.74, 6) is 0. The molecule has 1 N–H and O–H groups in total. The van der Waals surface area contributed by atoms with Crippen LogP contribution >= 0.6 is 0 Å². The van der Waals surface area contributed by atoms with E-state index in [1.807, 2.05) is 0 Å². The zero-order chi connectivity index (χ0) is 6.62. The molecule has 0 rings (SSSR count). The van der Waals surface area contributed by atoms with Gasteiger partial charge in [0.05, 0.1) is 0 Å². The fraction of sp³-hybridized carbons (Fsp3) is 1.00.